The van der Waals surface area contributed by atoms with Gasteiger partial charge in [-0.05, 0) is 13.0 Å². The highest BCUT2D eigenvalue weighted by atomic mass is 16.5. The molecule has 4 nitrogen and oxygen atoms in total. The molecule has 0 spiro atoms. The fourth-order valence-corrected chi connectivity index (χ4v) is 1.65. The van der Waals surface area contributed by atoms with E-state index < -0.39 is 0 Å². The first kappa shape index (κ1) is 7.76. The van der Waals surface area contributed by atoms with E-state index in [0.29, 0.717) is 13.1 Å². The van der Waals surface area contributed by atoms with Crippen molar-refractivity contribution < 1.29 is 4.65 Å². The van der Waals surface area contributed by atoms with Gasteiger partial charge in [0.25, 0.3) is 0 Å². The highest BCUT2D eigenvalue weighted by molar-refractivity contribution is 5.08. The summed E-state index contributed by atoms with van der Waals surface area (Å²) in [6.45, 7) is 3.90. The molecule has 12 heavy (non-hydrogen) atoms. The molecule has 4 heteroatoms. The Kier molecular flexibility index (Phi) is 1.49. The number of likely N-dealkylation sites (N-methyl/N-ethyl adjacent to an activating group) is 1. The molecular weight excluding hydrogens is 154 g/mol. The van der Waals surface area contributed by atoms with Crippen molar-refractivity contribution in [1.82, 2.24) is 9.78 Å². The Labute approximate surface area is 71.6 Å². The van der Waals surface area contributed by atoms with Gasteiger partial charge in [-0.1, -0.05) is 0 Å². The van der Waals surface area contributed by atoms with E-state index in [9.17, 15) is 5.21 Å². The molecule has 0 amide bonds. The van der Waals surface area contributed by atoms with Crippen LogP contribution in [0.3, 0.4) is 0 Å². The zero-order chi connectivity index (χ0) is 8.77. The maximum atomic E-state index is 11.6. The van der Waals surface area contributed by atoms with Crippen LogP contribution < -0.4 is 0 Å². The van der Waals surface area contributed by atoms with Crippen molar-refractivity contribution in [1.29, 1.82) is 0 Å². The Morgan fingerprint density at radius 3 is 3.17 bits per heavy atom. The van der Waals surface area contributed by atoms with Gasteiger partial charge in [0.05, 0.1) is 31.5 Å². The summed E-state index contributed by atoms with van der Waals surface area (Å²) in [5.74, 6) is 0. The Bertz CT molecular complexity index is 303. The predicted octanol–water partition coefficient (Wildman–Crippen LogP) is 0.650. The highest BCUT2D eigenvalue weighted by Crippen LogP contribution is 2.16. The normalized spacial score (nSPS) is 28.6. The Hall–Kier alpha value is -0.870. The summed E-state index contributed by atoms with van der Waals surface area (Å²) in [4.78, 5) is 0. The lowest BCUT2D eigenvalue weighted by atomic mass is 10.3. The molecule has 2 rings (SSSR count). The molecule has 0 N–H and O–H groups in total. The van der Waals surface area contributed by atoms with Gasteiger partial charge in [0.2, 0.25) is 0 Å². The van der Waals surface area contributed by atoms with Crippen molar-refractivity contribution in [3.8, 4) is 0 Å². The molecule has 0 bridgehead atoms. The van der Waals surface area contributed by atoms with Crippen LogP contribution >= 0.6 is 0 Å². The third-order valence-corrected chi connectivity index (χ3v) is 2.27. The lowest BCUT2D eigenvalue weighted by Crippen LogP contribution is -2.44. The largest absolute Gasteiger partial charge is 0.633 e. The van der Waals surface area contributed by atoms with Crippen LogP contribution in [0.5, 0.6) is 0 Å². The summed E-state index contributed by atoms with van der Waals surface area (Å²) in [5.41, 5.74) is 2.07. The predicted molar refractivity (Wildman–Crippen MR) is 45.1 cm³/mol. The molecule has 0 aliphatic carbocycles. The molecule has 1 unspecified atom stereocenters. The Morgan fingerprint density at radius 1 is 1.67 bits per heavy atom. The summed E-state index contributed by atoms with van der Waals surface area (Å²) < 4.78 is 1.78. The van der Waals surface area contributed by atoms with E-state index in [1.165, 1.54) is 0 Å². The summed E-state index contributed by atoms with van der Waals surface area (Å²) >= 11 is 0. The second kappa shape index (κ2) is 2.31. The van der Waals surface area contributed by atoms with E-state index in [1.807, 2.05) is 17.7 Å². The smallest absolute Gasteiger partial charge is 0.121 e. The molecule has 0 saturated carbocycles. The summed E-state index contributed by atoms with van der Waals surface area (Å²) in [7, 11) is 1.71. The second-order valence-corrected chi connectivity index (χ2v) is 3.68. The molecule has 1 aromatic heterocycles. The van der Waals surface area contributed by atoms with Gasteiger partial charge in [-0.3, -0.25) is 4.68 Å². The van der Waals surface area contributed by atoms with Gasteiger partial charge in [-0.25, -0.2) is 0 Å². The Morgan fingerprint density at radius 2 is 2.42 bits per heavy atom. The molecular formula is C8H13N3O. The van der Waals surface area contributed by atoms with Crippen LogP contribution in [0.4, 0.5) is 0 Å². The molecule has 0 aromatic carbocycles. The van der Waals surface area contributed by atoms with Gasteiger partial charge in [0.15, 0.2) is 0 Å². The van der Waals surface area contributed by atoms with Crippen LogP contribution in [0.1, 0.15) is 11.4 Å². The second-order valence-electron chi connectivity index (χ2n) is 3.68. The summed E-state index contributed by atoms with van der Waals surface area (Å²) in [6.07, 6.45) is 0. The molecule has 1 aromatic rings. The number of hydroxylamine groups is 3. The van der Waals surface area contributed by atoms with Crippen LogP contribution in [-0.2, 0) is 13.1 Å². The van der Waals surface area contributed by atoms with E-state index in [0.717, 1.165) is 17.9 Å². The Balaban J connectivity index is 2.34. The molecule has 1 aliphatic rings. The molecule has 0 fully saturated rings. The van der Waals surface area contributed by atoms with E-state index >= 15 is 0 Å². The summed E-state index contributed by atoms with van der Waals surface area (Å²) in [6, 6.07) is 1.99. The van der Waals surface area contributed by atoms with Crippen molar-refractivity contribution in [2.24, 2.45) is 0 Å². The number of hydrogen-bond acceptors (Lipinski definition) is 2. The van der Waals surface area contributed by atoms with Crippen LogP contribution in [0.15, 0.2) is 6.07 Å². The van der Waals surface area contributed by atoms with Gasteiger partial charge in [-0.2, -0.15) is 5.10 Å². The minimum absolute atomic E-state index is 0.162. The number of nitrogens with zero attached hydrogens (tertiary/aromatic N) is 3. The average molecular weight is 167 g/mol. The maximum Gasteiger partial charge on any atom is 0.121 e. The van der Waals surface area contributed by atoms with Crippen molar-refractivity contribution in [2.75, 3.05) is 13.6 Å². The number of hydrogen-bond donors (Lipinski definition) is 0. The molecule has 0 saturated heterocycles. The van der Waals surface area contributed by atoms with Crippen molar-refractivity contribution in [2.45, 2.75) is 20.0 Å². The standard InChI is InChI=1S/C8H13N3O/c1-7-5-8-6-11(2,12)4-3-10(8)9-7/h5H,3-4,6H2,1-2H3. The average Bonchev–Trinajstić information content (AvgIpc) is 2.26. The van der Waals surface area contributed by atoms with Crippen LogP contribution in [0.2, 0.25) is 0 Å². The van der Waals surface area contributed by atoms with E-state index in [4.69, 9.17) is 0 Å². The number of aromatic nitrogens is 2. The number of quaternary nitrogens is 1. The quantitative estimate of drug-likeness (QED) is 0.420. The number of fused-ring (bicyclic) bond motifs is 1. The SMILES string of the molecule is Cc1cc2n(n1)CC[N+](C)([O-])C2. The maximum absolute atomic E-state index is 11.6. The first-order chi connectivity index (χ1) is 5.57. The van der Waals surface area contributed by atoms with Gasteiger partial charge >= 0.3 is 0 Å². The molecule has 0 radical (unpaired) electrons. The molecule has 1 aliphatic heterocycles. The lowest BCUT2D eigenvalue weighted by Gasteiger charge is -2.41. The van der Waals surface area contributed by atoms with Crippen LogP contribution in [-0.4, -0.2) is 28.0 Å². The third kappa shape index (κ3) is 1.23. The van der Waals surface area contributed by atoms with Crippen molar-refractivity contribution in [3.63, 3.8) is 0 Å². The third-order valence-electron chi connectivity index (χ3n) is 2.27. The highest BCUT2D eigenvalue weighted by Gasteiger charge is 2.21. The van der Waals surface area contributed by atoms with Crippen LogP contribution in [0, 0.1) is 12.1 Å². The van der Waals surface area contributed by atoms with Crippen LogP contribution in [0.25, 0.3) is 0 Å². The monoisotopic (exact) mass is 167 g/mol. The zero-order valence-corrected chi connectivity index (χ0v) is 7.45. The van der Waals surface area contributed by atoms with E-state index in [2.05, 4.69) is 5.10 Å². The van der Waals surface area contributed by atoms with E-state index in [-0.39, 0.29) is 4.65 Å². The fraction of sp³-hybridized carbons (Fsp3) is 0.625. The summed E-state index contributed by atoms with van der Waals surface area (Å²) in [5, 5.41) is 15.9. The minimum atomic E-state index is -0.162. The van der Waals surface area contributed by atoms with Gasteiger partial charge in [0, 0.05) is 0 Å². The fourth-order valence-electron chi connectivity index (χ4n) is 1.65. The van der Waals surface area contributed by atoms with Gasteiger partial charge in [0.1, 0.15) is 6.54 Å². The molecule has 66 valence electrons. The van der Waals surface area contributed by atoms with Crippen molar-refractivity contribution >= 4 is 0 Å². The van der Waals surface area contributed by atoms with Gasteiger partial charge < -0.3 is 9.85 Å². The lowest BCUT2D eigenvalue weighted by molar-refractivity contribution is -0.878. The zero-order valence-electron chi connectivity index (χ0n) is 7.45. The minimum Gasteiger partial charge on any atom is -0.633 e. The number of rotatable bonds is 0. The first-order valence-electron chi connectivity index (χ1n) is 4.16. The first-order valence-corrected chi connectivity index (χ1v) is 4.16. The topological polar surface area (TPSA) is 40.9 Å². The van der Waals surface area contributed by atoms with Gasteiger partial charge in [-0.15, -0.1) is 0 Å². The van der Waals surface area contributed by atoms with E-state index in [1.54, 1.807) is 7.05 Å². The molecule has 2 heterocycles. The molecule has 1 atom stereocenters. The van der Waals surface area contributed by atoms with Crippen molar-refractivity contribution in [3.05, 3.63) is 22.7 Å². The number of aryl methyl sites for hydroxylation is 1.